The number of carbonyl (C=O) groups excluding carboxylic acids is 1. The highest BCUT2D eigenvalue weighted by Crippen LogP contribution is 2.38. The number of hydrogen-bond donors (Lipinski definition) is 0. The number of ether oxygens (including phenoxy) is 2. The largest absolute Gasteiger partial charge is 0.488 e. The molecule has 1 aliphatic heterocycles. The molecule has 0 N–H and O–H groups in total. The predicted octanol–water partition coefficient (Wildman–Crippen LogP) is 3.47. The van der Waals surface area contributed by atoms with Crippen molar-refractivity contribution in [3.05, 3.63) is 23.2 Å². The van der Waals surface area contributed by atoms with Crippen molar-refractivity contribution >= 4 is 23.4 Å². The van der Waals surface area contributed by atoms with E-state index in [4.69, 9.17) is 21.1 Å². The summed E-state index contributed by atoms with van der Waals surface area (Å²) in [5.74, 6) is 0.538. The molecule has 4 nitrogen and oxygen atoms in total. The molecule has 0 radical (unpaired) electrons. The first-order valence-electron chi connectivity index (χ1n) is 5.80. The summed E-state index contributed by atoms with van der Waals surface area (Å²) in [6.45, 7) is 6.39. The van der Waals surface area contributed by atoms with Gasteiger partial charge in [0.15, 0.2) is 5.75 Å². The molecule has 1 amide bonds. The zero-order valence-electron chi connectivity index (χ0n) is 10.7. The van der Waals surface area contributed by atoms with Crippen molar-refractivity contribution in [1.82, 2.24) is 0 Å². The van der Waals surface area contributed by atoms with Gasteiger partial charge in [0.2, 0.25) is 0 Å². The second kappa shape index (κ2) is 4.69. The minimum atomic E-state index is -0.520. The minimum Gasteiger partial charge on any atom is -0.488 e. The van der Waals surface area contributed by atoms with E-state index in [1.807, 2.05) is 20.8 Å². The van der Waals surface area contributed by atoms with Crippen molar-refractivity contribution in [2.75, 3.05) is 18.1 Å². The third kappa shape index (κ3) is 2.70. The predicted molar refractivity (Wildman–Crippen MR) is 70.5 cm³/mol. The van der Waals surface area contributed by atoms with Gasteiger partial charge in [-0.25, -0.2) is 4.79 Å². The highest BCUT2D eigenvalue weighted by Gasteiger charge is 2.29. The van der Waals surface area contributed by atoms with Gasteiger partial charge in [0.05, 0.1) is 17.3 Å². The fourth-order valence-corrected chi connectivity index (χ4v) is 1.94. The molecule has 0 saturated heterocycles. The van der Waals surface area contributed by atoms with Crippen molar-refractivity contribution in [3.63, 3.8) is 0 Å². The molecule has 5 heteroatoms. The van der Waals surface area contributed by atoms with Crippen LogP contribution in [0.25, 0.3) is 0 Å². The lowest BCUT2D eigenvalue weighted by molar-refractivity contribution is 0.0568. The van der Waals surface area contributed by atoms with Gasteiger partial charge < -0.3 is 9.47 Å². The summed E-state index contributed by atoms with van der Waals surface area (Å²) in [4.78, 5) is 13.6. The topological polar surface area (TPSA) is 38.8 Å². The van der Waals surface area contributed by atoms with E-state index in [0.717, 1.165) is 0 Å². The number of benzene rings is 1. The van der Waals surface area contributed by atoms with E-state index < -0.39 is 5.60 Å². The van der Waals surface area contributed by atoms with E-state index >= 15 is 0 Å². The van der Waals surface area contributed by atoms with Crippen molar-refractivity contribution in [2.24, 2.45) is 0 Å². The smallest absolute Gasteiger partial charge is 0.415 e. The number of amides is 1. The Balaban J connectivity index is 2.28. The summed E-state index contributed by atoms with van der Waals surface area (Å²) < 4.78 is 10.8. The van der Waals surface area contributed by atoms with Gasteiger partial charge in [-0.3, -0.25) is 4.90 Å². The van der Waals surface area contributed by atoms with E-state index in [-0.39, 0.29) is 6.09 Å². The van der Waals surface area contributed by atoms with Gasteiger partial charge in [0, 0.05) is 0 Å². The first-order valence-corrected chi connectivity index (χ1v) is 6.18. The lowest BCUT2D eigenvalue weighted by Gasteiger charge is -2.31. The van der Waals surface area contributed by atoms with Crippen molar-refractivity contribution < 1.29 is 14.3 Å². The number of fused-ring (bicyclic) bond motifs is 1. The Bertz CT molecular complexity index is 468. The fraction of sp³-hybridized carbons (Fsp3) is 0.462. The number of nitrogens with zero attached hydrogens (tertiary/aromatic N) is 1. The van der Waals surface area contributed by atoms with Crippen molar-refractivity contribution in [1.29, 1.82) is 0 Å². The zero-order chi connectivity index (χ0) is 13.3. The minimum absolute atomic E-state index is 0.380. The molecule has 1 aromatic carbocycles. The third-order valence-corrected chi connectivity index (χ3v) is 2.71. The highest BCUT2D eigenvalue weighted by molar-refractivity contribution is 6.32. The van der Waals surface area contributed by atoms with Crippen LogP contribution in [0.5, 0.6) is 5.75 Å². The van der Waals surface area contributed by atoms with E-state index in [0.29, 0.717) is 29.6 Å². The molecule has 1 aliphatic rings. The number of carbonyl (C=O) groups is 1. The second-order valence-corrected chi connectivity index (χ2v) is 5.48. The Labute approximate surface area is 111 Å². The van der Waals surface area contributed by atoms with Crippen LogP contribution < -0.4 is 9.64 Å². The molecule has 18 heavy (non-hydrogen) atoms. The van der Waals surface area contributed by atoms with Crippen LogP contribution in [0.3, 0.4) is 0 Å². The summed E-state index contributed by atoms with van der Waals surface area (Å²) in [6, 6.07) is 5.32. The summed E-state index contributed by atoms with van der Waals surface area (Å²) in [6.07, 6.45) is -0.380. The van der Waals surface area contributed by atoms with Crippen LogP contribution in [0, 0.1) is 0 Å². The van der Waals surface area contributed by atoms with E-state index in [1.165, 1.54) is 0 Å². The molecule has 0 spiro atoms. The molecule has 0 bridgehead atoms. The first-order chi connectivity index (χ1) is 8.38. The summed E-state index contributed by atoms with van der Waals surface area (Å²) >= 11 is 6.04. The van der Waals surface area contributed by atoms with E-state index in [1.54, 1.807) is 23.1 Å². The van der Waals surface area contributed by atoms with Crippen LogP contribution in [0.2, 0.25) is 5.02 Å². The molecule has 1 aromatic rings. The van der Waals surface area contributed by atoms with Gasteiger partial charge in [-0.2, -0.15) is 0 Å². The number of rotatable bonds is 0. The lowest BCUT2D eigenvalue weighted by atomic mass is 10.2. The maximum absolute atomic E-state index is 12.1. The van der Waals surface area contributed by atoms with Gasteiger partial charge in [-0.1, -0.05) is 17.7 Å². The molecule has 2 rings (SSSR count). The quantitative estimate of drug-likeness (QED) is 0.724. The second-order valence-electron chi connectivity index (χ2n) is 5.07. The summed E-state index contributed by atoms with van der Waals surface area (Å²) in [5, 5.41) is 0.501. The maximum Gasteiger partial charge on any atom is 0.415 e. The zero-order valence-corrected chi connectivity index (χ0v) is 11.5. The Hall–Kier alpha value is -1.42. The number of anilines is 1. The van der Waals surface area contributed by atoms with Gasteiger partial charge in [-0.15, -0.1) is 0 Å². The fourth-order valence-electron chi connectivity index (χ4n) is 1.72. The molecule has 0 saturated carbocycles. The lowest BCUT2D eigenvalue weighted by Crippen LogP contribution is -2.41. The SMILES string of the molecule is CC(C)(C)OC(=O)N1CCOc2c(Cl)cccc21. The average Bonchev–Trinajstić information content (AvgIpc) is 2.26. The normalized spacial score (nSPS) is 14.8. The molecule has 0 unspecified atom stereocenters. The molecule has 1 heterocycles. The molecular formula is C13H16ClNO3. The number of para-hydroxylation sites is 1. The van der Waals surface area contributed by atoms with E-state index in [2.05, 4.69) is 0 Å². The van der Waals surface area contributed by atoms with E-state index in [9.17, 15) is 4.79 Å². The molecule has 0 atom stereocenters. The Morgan fingerprint density at radius 1 is 1.44 bits per heavy atom. The molecule has 98 valence electrons. The maximum atomic E-state index is 12.1. The molecule has 0 fully saturated rings. The van der Waals surface area contributed by atoms with Crippen molar-refractivity contribution in [2.45, 2.75) is 26.4 Å². The summed E-state index contributed by atoms with van der Waals surface area (Å²) in [7, 11) is 0. The Morgan fingerprint density at radius 2 is 2.17 bits per heavy atom. The Morgan fingerprint density at radius 3 is 2.83 bits per heavy atom. The van der Waals surface area contributed by atoms with Gasteiger partial charge in [0.1, 0.15) is 12.2 Å². The average molecular weight is 270 g/mol. The van der Waals surface area contributed by atoms with Gasteiger partial charge >= 0.3 is 6.09 Å². The van der Waals surface area contributed by atoms with Crippen LogP contribution in [0.15, 0.2) is 18.2 Å². The van der Waals surface area contributed by atoms with Gasteiger partial charge in [-0.05, 0) is 32.9 Å². The highest BCUT2D eigenvalue weighted by atomic mass is 35.5. The third-order valence-electron chi connectivity index (χ3n) is 2.41. The van der Waals surface area contributed by atoms with Crippen LogP contribution >= 0.6 is 11.6 Å². The standard InChI is InChI=1S/C13H16ClNO3/c1-13(2,3)18-12(16)15-7-8-17-11-9(14)5-4-6-10(11)15/h4-6H,7-8H2,1-3H3. The Kier molecular flexibility index (Phi) is 3.39. The number of hydrogen-bond acceptors (Lipinski definition) is 3. The molecular weight excluding hydrogens is 254 g/mol. The van der Waals surface area contributed by atoms with Crippen LogP contribution in [0.4, 0.5) is 10.5 Å². The monoisotopic (exact) mass is 269 g/mol. The van der Waals surface area contributed by atoms with Crippen LogP contribution in [-0.2, 0) is 4.74 Å². The number of halogens is 1. The van der Waals surface area contributed by atoms with Crippen LogP contribution in [-0.4, -0.2) is 24.8 Å². The first kappa shape index (κ1) is 13.0. The van der Waals surface area contributed by atoms with Crippen molar-refractivity contribution in [3.8, 4) is 5.75 Å². The van der Waals surface area contributed by atoms with Crippen LogP contribution in [0.1, 0.15) is 20.8 Å². The van der Waals surface area contributed by atoms with Gasteiger partial charge in [0.25, 0.3) is 0 Å². The molecule has 0 aliphatic carbocycles. The molecule has 0 aromatic heterocycles. The summed E-state index contributed by atoms with van der Waals surface area (Å²) in [5.41, 5.74) is 0.136.